The van der Waals surface area contributed by atoms with E-state index < -0.39 is 11.0 Å². The Balaban J connectivity index is 2.85. The Morgan fingerprint density at radius 2 is 2.00 bits per heavy atom. The van der Waals surface area contributed by atoms with Crippen molar-refractivity contribution < 1.29 is 4.21 Å². The first-order valence-corrected chi connectivity index (χ1v) is 6.93. The van der Waals surface area contributed by atoms with E-state index in [1.807, 2.05) is 45.9 Å². The lowest BCUT2D eigenvalue weighted by Crippen LogP contribution is -2.19. The van der Waals surface area contributed by atoms with Crippen LogP contribution in [0.2, 0.25) is 0 Å². The first kappa shape index (κ1) is 13.6. The molecule has 1 aromatic carbocycles. The molecule has 0 bridgehead atoms. The van der Waals surface area contributed by atoms with Gasteiger partial charge < -0.3 is 0 Å². The van der Waals surface area contributed by atoms with E-state index in [0.29, 0.717) is 0 Å². The molecule has 0 aliphatic rings. The van der Waals surface area contributed by atoms with Gasteiger partial charge in [0.1, 0.15) is 11.0 Å². The van der Waals surface area contributed by atoms with Crippen molar-refractivity contribution in [1.82, 2.24) is 0 Å². The van der Waals surface area contributed by atoms with Gasteiger partial charge in [-0.15, -0.1) is 0 Å². The quantitative estimate of drug-likeness (QED) is 0.767. The predicted octanol–water partition coefficient (Wildman–Crippen LogP) is 3.64. The maximum absolute atomic E-state index is 11.7. The molecule has 88 valence electrons. The first-order valence-electron chi connectivity index (χ1n) is 5.03. The summed E-state index contributed by atoms with van der Waals surface area (Å²) in [5.74, 6) is 0. The van der Waals surface area contributed by atoms with Gasteiger partial charge in [0.05, 0.1) is 4.75 Å². The minimum atomic E-state index is -1.20. The SMILES string of the molecule is Cc1ccc(/C=N/S(=O)C(C)(C)C)cc1Br. The van der Waals surface area contributed by atoms with Gasteiger partial charge in [-0.2, -0.15) is 4.40 Å². The van der Waals surface area contributed by atoms with Crippen molar-refractivity contribution in [2.45, 2.75) is 32.4 Å². The van der Waals surface area contributed by atoms with Gasteiger partial charge in [-0.3, -0.25) is 0 Å². The Kier molecular flexibility index (Phi) is 4.44. The van der Waals surface area contributed by atoms with E-state index in [-0.39, 0.29) is 4.75 Å². The van der Waals surface area contributed by atoms with E-state index in [4.69, 9.17) is 0 Å². The lowest BCUT2D eigenvalue weighted by molar-refractivity contribution is 0.651. The third-order valence-corrected chi connectivity index (χ3v) is 4.22. The van der Waals surface area contributed by atoms with E-state index in [2.05, 4.69) is 20.3 Å². The molecule has 1 unspecified atom stereocenters. The molecule has 1 rings (SSSR count). The van der Waals surface area contributed by atoms with Crippen LogP contribution in [0.3, 0.4) is 0 Å². The molecule has 0 aliphatic heterocycles. The average molecular weight is 302 g/mol. The Morgan fingerprint density at radius 1 is 1.38 bits per heavy atom. The van der Waals surface area contributed by atoms with Crippen LogP contribution in [0.15, 0.2) is 27.1 Å². The highest BCUT2D eigenvalue weighted by Gasteiger charge is 2.17. The highest BCUT2D eigenvalue weighted by Crippen LogP contribution is 2.17. The van der Waals surface area contributed by atoms with Gasteiger partial charge in [-0.1, -0.05) is 28.1 Å². The van der Waals surface area contributed by atoms with Gasteiger partial charge in [-0.05, 0) is 44.9 Å². The molecule has 0 aliphatic carbocycles. The topological polar surface area (TPSA) is 29.4 Å². The van der Waals surface area contributed by atoms with Crippen molar-refractivity contribution in [3.63, 3.8) is 0 Å². The van der Waals surface area contributed by atoms with Crippen molar-refractivity contribution in [3.05, 3.63) is 33.8 Å². The molecule has 0 aromatic heterocycles. The lowest BCUT2D eigenvalue weighted by Gasteiger charge is -2.12. The summed E-state index contributed by atoms with van der Waals surface area (Å²) in [4.78, 5) is 0. The number of hydrogen-bond acceptors (Lipinski definition) is 1. The van der Waals surface area contributed by atoms with Crippen LogP contribution in [0.5, 0.6) is 0 Å². The molecule has 16 heavy (non-hydrogen) atoms. The minimum absolute atomic E-state index is 0.307. The Morgan fingerprint density at radius 3 is 2.50 bits per heavy atom. The van der Waals surface area contributed by atoms with Crippen LogP contribution in [0, 0.1) is 6.92 Å². The van der Waals surface area contributed by atoms with Crippen LogP contribution >= 0.6 is 15.9 Å². The van der Waals surface area contributed by atoms with Crippen LogP contribution < -0.4 is 0 Å². The predicted molar refractivity (Wildman–Crippen MR) is 74.4 cm³/mol. The third-order valence-electron chi connectivity index (χ3n) is 2.02. The molecule has 0 N–H and O–H groups in total. The summed E-state index contributed by atoms with van der Waals surface area (Å²) in [5, 5.41) is 0. The van der Waals surface area contributed by atoms with E-state index in [1.54, 1.807) is 6.21 Å². The smallest absolute Gasteiger partial charge is 0.144 e. The summed E-state index contributed by atoms with van der Waals surface area (Å²) in [6.07, 6.45) is 1.66. The largest absolute Gasteiger partial charge is 0.234 e. The monoisotopic (exact) mass is 301 g/mol. The molecule has 1 atom stereocenters. The number of benzene rings is 1. The molecule has 2 nitrogen and oxygen atoms in total. The second-order valence-electron chi connectivity index (χ2n) is 4.60. The van der Waals surface area contributed by atoms with Crippen molar-refractivity contribution >= 4 is 33.1 Å². The van der Waals surface area contributed by atoms with Crippen LogP contribution in [-0.2, 0) is 11.0 Å². The standard InChI is InChI=1S/C12H16BrNOS/c1-9-5-6-10(7-11(9)13)8-14-16(15)12(2,3)4/h5-8H,1-4H3/b14-8+. The van der Waals surface area contributed by atoms with Crippen LogP contribution in [0.25, 0.3) is 0 Å². The van der Waals surface area contributed by atoms with E-state index in [0.717, 1.165) is 10.0 Å². The number of nitrogens with zero attached hydrogens (tertiary/aromatic N) is 1. The molecule has 0 saturated carbocycles. The average Bonchev–Trinajstić information content (AvgIpc) is 2.18. The number of aryl methyl sites for hydroxylation is 1. The summed E-state index contributed by atoms with van der Waals surface area (Å²) in [5.41, 5.74) is 2.13. The zero-order chi connectivity index (χ0) is 12.3. The van der Waals surface area contributed by atoms with Crippen molar-refractivity contribution in [2.24, 2.45) is 4.40 Å². The number of rotatable bonds is 2. The molecular formula is C12H16BrNOS. The fourth-order valence-electron chi connectivity index (χ4n) is 0.956. The molecule has 1 aromatic rings. The van der Waals surface area contributed by atoms with E-state index in [9.17, 15) is 4.21 Å². The van der Waals surface area contributed by atoms with Crippen molar-refractivity contribution in [3.8, 4) is 0 Å². The summed E-state index contributed by atoms with van der Waals surface area (Å²) < 4.78 is 16.5. The molecular weight excluding hydrogens is 286 g/mol. The van der Waals surface area contributed by atoms with E-state index in [1.165, 1.54) is 5.56 Å². The summed E-state index contributed by atoms with van der Waals surface area (Å²) in [7, 11) is -1.20. The molecule has 0 fully saturated rings. The van der Waals surface area contributed by atoms with Gasteiger partial charge in [0.2, 0.25) is 0 Å². The Bertz CT molecular complexity index is 435. The summed E-state index contributed by atoms with van der Waals surface area (Å²) in [6, 6.07) is 5.94. The third kappa shape index (κ3) is 3.83. The number of hydrogen-bond donors (Lipinski definition) is 0. The number of halogens is 1. The molecule has 0 radical (unpaired) electrons. The lowest BCUT2D eigenvalue weighted by atomic mass is 10.2. The summed E-state index contributed by atoms with van der Waals surface area (Å²) in [6.45, 7) is 7.75. The maximum atomic E-state index is 11.7. The van der Waals surface area contributed by atoms with Crippen LogP contribution in [-0.4, -0.2) is 15.2 Å². The maximum Gasteiger partial charge on any atom is 0.144 e. The van der Waals surface area contributed by atoms with Crippen LogP contribution in [0.4, 0.5) is 0 Å². The van der Waals surface area contributed by atoms with Crippen molar-refractivity contribution in [1.29, 1.82) is 0 Å². The highest BCUT2D eigenvalue weighted by molar-refractivity contribution is 9.10. The molecule has 4 heteroatoms. The van der Waals surface area contributed by atoms with Crippen molar-refractivity contribution in [2.75, 3.05) is 0 Å². The molecule has 0 amide bonds. The van der Waals surface area contributed by atoms with Crippen LogP contribution in [0.1, 0.15) is 31.9 Å². The molecule has 0 saturated heterocycles. The zero-order valence-corrected chi connectivity index (χ0v) is 12.4. The van der Waals surface area contributed by atoms with Gasteiger partial charge in [0, 0.05) is 10.7 Å². The van der Waals surface area contributed by atoms with Gasteiger partial charge in [-0.25, -0.2) is 4.21 Å². The fraction of sp³-hybridized carbons (Fsp3) is 0.417. The van der Waals surface area contributed by atoms with Gasteiger partial charge in [0.25, 0.3) is 0 Å². The fourth-order valence-corrected chi connectivity index (χ4v) is 1.89. The highest BCUT2D eigenvalue weighted by atomic mass is 79.9. The first-order chi connectivity index (χ1) is 7.30. The second kappa shape index (κ2) is 5.23. The second-order valence-corrected chi connectivity index (χ2v) is 7.39. The molecule has 0 heterocycles. The normalized spacial score (nSPS) is 14.3. The molecule has 0 spiro atoms. The van der Waals surface area contributed by atoms with Gasteiger partial charge in [0.15, 0.2) is 0 Å². The van der Waals surface area contributed by atoms with Gasteiger partial charge >= 0.3 is 0 Å². The minimum Gasteiger partial charge on any atom is -0.234 e. The van der Waals surface area contributed by atoms with E-state index >= 15 is 0 Å². The Labute approximate surface area is 108 Å². The Hall–Kier alpha value is -0.480. The zero-order valence-electron chi connectivity index (χ0n) is 9.95. The summed E-state index contributed by atoms with van der Waals surface area (Å²) >= 11 is 3.46.